The molecule has 82 valence electrons. The fourth-order valence-electron chi connectivity index (χ4n) is 1.46. The number of aryl methyl sites for hydroxylation is 1. The van der Waals surface area contributed by atoms with E-state index in [1.54, 1.807) is 31.2 Å². The summed E-state index contributed by atoms with van der Waals surface area (Å²) in [5.41, 5.74) is 1.97. The number of halogens is 1. The van der Waals surface area contributed by atoms with Gasteiger partial charge in [0, 0.05) is 16.3 Å². The third kappa shape index (κ3) is 1.92. The third-order valence-electron chi connectivity index (χ3n) is 2.19. The molecule has 2 rings (SSSR count). The van der Waals surface area contributed by atoms with Crippen LogP contribution >= 0.6 is 11.6 Å². The number of rotatable bonds is 1. The van der Waals surface area contributed by atoms with Crippen LogP contribution in [0.3, 0.4) is 0 Å². The molecule has 0 fully saturated rings. The van der Waals surface area contributed by atoms with Crippen molar-refractivity contribution in [3.63, 3.8) is 0 Å². The Hall–Kier alpha value is -1.81. The quantitative estimate of drug-likeness (QED) is 0.828. The van der Waals surface area contributed by atoms with Gasteiger partial charge in [-0.25, -0.2) is 4.79 Å². The largest absolute Gasteiger partial charge is 0.463 e. The lowest BCUT2D eigenvalue weighted by Crippen LogP contribution is -2.11. The van der Waals surface area contributed by atoms with Crippen molar-refractivity contribution in [2.45, 2.75) is 6.92 Å². The molecule has 1 aromatic carbocycles. The lowest BCUT2D eigenvalue weighted by atomic mass is 10.1. The number of carboxylic acid groups (broad SMARTS) is 1. The van der Waals surface area contributed by atoms with Crippen LogP contribution in [0.4, 0.5) is 4.79 Å². The molecule has 0 atom stereocenters. The minimum atomic E-state index is -1.09. The van der Waals surface area contributed by atoms with E-state index in [-0.39, 0.29) is 0 Å². The molecule has 4 nitrogen and oxygen atoms in total. The second-order valence-corrected chi connectivity index (χ2v) is 3.81. The molecule has 0 aliphatic carbocycles. The van der Waals surface area contributed by atoms with Gasteiger partial charge >= 0.3 is 6.09 Å². The topological polar surface area (TPSA) is 55.1 Å². The van der Waals surface area contributed by atoms with Gasteiger partial charge in [0.15, 0.2) is 0 Å². The van der Waals surface area contributed by atoms with Gasteiger partial charge in [0.1, 0.15) is 0 Å². The van der Waals surface area contributed by atoms with Crippen LogP contribution in [0.2, 0.25) is 5.02 Å². The van der Waals surface area contributed by atoms with E-state index in [1.165, 1.54) is 0 Å². The molecule has 1 N–H and O–H groups in total. The van der Waals surface area contributed by atoms with Gasteiger partial charge in [0.25, 0.3) is 0 Å². The molecule has 0 unspecified atom stereocenters. The van der Waals surface area contributed by atoms with Gasteiger partial charge in [-0.15, -0.1) is 0 Å². The SMILES string of the molecule is Cc1cc(-c2cccc(Cl)c2)nn1C(=O)O. The second-order valence-electron chi connectivity index (χ2n) is 3.38. The van der Waals surface area contributed by atoms with E-state index >= 15 is 0 Å². The van der Waals surface area contributed by atoms with Crippen LogP contribution in [0.5, 0.6) is 0 Å². The molecule has 0 bridgehead atoms. The van der Waals surface area contributed by atoms with Crippen LogP contribution in [-0.2, 0) is 0 Å². The number of nitrogens with zero attached hydrogens (tertiary/aromatic N) is 2. The standard InChI is InChI=1S/C11H9ClN2O2/c1-7-5-10(13-14(7)11(15)16)8-3-2-4-9(12)6-8/h2-6H,1H3,(H,15,16). The van der Waals surface area contributed by atoms with Gasteiger partial charge in [-0.1, -0.05) is 23.7 Å². The molecule has 0 aliphatic rings. The number of carbonyl (C=O) groups is 1. The summed E-state index contributed by atoms with van der Waals surface area (Å²) in [5.74, 6) is 0. The molecule has 0 spiro atoms. The summed E-state index contributed by atoms with van der Waals surface area (Å²) in [5, 5.41) is 13.4. The summed E-state index contributed by atoms with van der Waals surface area (Å²) in [6, 6.07) is 8.84. The smallest absolute Gasteiger partial charge is 0.432 e. The van der Waals surface area contributed by atoms with Crippen molar-refractivity contribution in [2.24, 2.45) is 0 Å². The van der Waals surface area contributed by atoms with Crippen molar-refractivity contribution < 1.29 is 9.90 Å². The Morgan fingerprint density at radius 2 is 2.19 bits per heavy atom. The van der Waals surface area contributed by atoms with Crippen molar-refractivity contribution in [3.8, 4) is 11.3 Å². The lowest BCUT2D eigenvalue weighted by molar-refractivity contribution is 0.192. The summed E-state index contributed by atoms with van der Waals surface area (Å²) in [4.78, 5) is 10.8. The Kier molecular flexibility index (Phi) is 2.66. The van der Waals surface area contributed by atoms with Gasteiger partial charge < -0.3 is 5.11 Å². The minimum absolute atomic E-state index is 0.572. The highest BCUT2D eigenvalue weighted by Gasteiger charge is 2.10. The highest BCUT2D eigenvalue weighted by Crippen LogP contribution is 2.22. The highest BCUT2D eigenvalue weighted by atomic mass is 35.5. The molecule has 0 amide bonds. The number of hydrogen-bond donors (Lipinski definition) is 1. The molecular weight excluding hydrogens is 228 g/mol. The van der Waals surface area contributed by atoms with Crippen molar-refractivity contribution >= 4 is 17.7 Å². The zero-order valence-corrected chi connectivity index (χ0v) is 9.27. The highest BCUT2D eigenvalue weighted by molar-refractivity contribution is 6.30. The molecule has 0 aliphatic heterocycles. The first-order chi connectivity index (χ1) is 7.58. The fraction of sp³-hybridized carbons (Fsp3) is 0.0909. The van der Waals surface area contributed by atoms with Crippen LogP contribution in [0.1, 0.15) is 5.69 Å². The van der Waals surface area contributed by atoms with Crippen LogP contribution in [0.25, 0.3) is 11.3 Å². The maximum atomic E-state index is 10.8. The van der Waals surface area contributed by atoms with Crippen molar-refractivity contribution in [1.82, 2.24) is 9.78 Å². The molecule has 1 heterocycles. The van der Waals surface area contributed by atoms with Gasteiger partial charge in [-0.2, -0.15) is 9.78 Å². The second kappa shape index (κ2) is 3.98. The van der Waals surface area contributed by atoms with Crippen LogP contribution in [0, 0.1) is 6.92 Å². The molecular formula is C11H9ClN2O2. The molecule has 0 saturated carbocycles. The van der Waals surface area contributed by atoms with Crippen LogP contribution < -0.4 is 0 Å². The zero-order chi connectivity index (χ0) is 11.7. The van der Waals surface area contributed by atoms with Crippen LogP contribution in [-0.4, -0.2) is 21.0 Å². The predicted molar refractivity (Wildman–Crippen MR) is 60.8 cm³/mol. The Balaban J connectivity index is 2.49. The summed E-state index contributed by atoms with van der Waals surface area (Å²) < 4.78 is 0.941. The Morgan fingerprint density at radius 1 is 1.44 bits per heavy atom. The molecule has 0 saturated heterocycles. The first kappa shape index (κ1) is 10.7. The van der Waals surface area contributed by atoms with E-state index < -0.39 is 6.09 Å². The normalized spacial score (nSPS) is 10.4. The Bertz CT molecular complexity index is 549. The number of hydrogen-bond acceptors (Lipinski definition) is 2. The number of aromatic nitrogens is 2. The Morgan fingerprint density at radius 3 is 2.75 bits per heavy atom. The number of benzene rings is 1. The van der Waals surface area contributed by atoms with Crippen molar-refractivity contribution in [3.05, 3.63) is 41.0 Å². The summed E-state index contributed by atoms with van der Waals surface area (Å²) in [6.45, 7) is 1.69. The van der Waals surface area contributed by atoms with Gasteiger partial charge in [-0.3, -0.25) is 0 Å². The molecule has 2 aromatic rings. The van der Waals surface area contributed by atoms with Gasteiger partial charge in [-0.05, 0) is 25.1 Å². The predicted octanol–water partition coefficient (Wildman–Crippen LogP) is 3.04. The summed E-state index contributed by atoms with van der Waals surface area (Å²) >= 11 is 5.85. The maximum absolute atomic E-state index is 10.8. The van der Waals surface area contributed by atoms with E-state index in [0.717, 1.165) is 10.2 Å². The average Bonchev–Trinajstić information content (AvgIpc) is 2.60. The lowest BCUT2D eigenvalue weighted by Gasteiger charge is -1.96. The molecule has 5 heteroatoms. The van der Waals surface area contributed by atoms with Crippen molar-refractivity contribution in [2.75, 3.05) is 0 Å². The molecule has 0 radical (unpaired) electrons. The first-order valence-electron chi connectivity index (χ1n) is 4.64. The zero-order valence-electron chi connectivity index (χ0n) is 8.51. The summed E-state index contributed by atoms with van der Waals surface area (Å²) in [7, 11) is 0. The van der Waals surface area contributed by atoms with Crippen LogP contribution in [0.15, 0.2) is 30.3 Å². The average molecular weight is 237 g/mol. The van der Waals surface area contributed by atoms with E-state index in [0.29, 0.717) is 16.4 Å². The monoisotopic (exact) mass is 236 g/mol. The molecule has 1 aromatic heterocycles. The van der Waals surface area contributed by atoms with E-state index in [1.807, 2.05) is 6.07 Å². The van der Waals surface area contributed by atoms with E-state index in [9.17, 15) is 4.79 Å². The van der Waals surface area contributed by atoms with E-state index in [4.69, 9.17) is 16.7 Å². The maximum Gasteiger partial charge on any atom is 0.432 e. The van der Waals surface area contributed by atoms with Crippen molar-refractivity contribution in [1.29, 1.82) is 0 Å². The first-order valence-corrected chi connectivity index (χ1v) is 5.01. The summed E-state index contributed by atoms with van der Waals surface area (Å²) in [6.07, 6.45) is -1.09. The van der Waals surface area contributed by atoms with E-state index in [2.05, 4.69) is 5.10 Å². The third-order valence-corrected chi connectivity index (χ3v) is 2.42. The van der Waals surface area contributed by atoms with Gasteiger partial charge in [0.05, 0.1) is 5.69 Å². The fourth-order valence-corrected chi connectivity index (χ4v) is 1.65. The Labute approximate surface area is 97.1 Å². The van der Waals surface area contributed by atoms with Gasteiger partial charge in [0.2, 0.25) is 0 Å². The molecule has 16 heavy (non-hydrogen) atoms. The minimum Gasteiger partial charge on any atom is -0.463 e.